The summed E-state index contributed by atoms with van der Waals surface area (Å²) in [5.41, 5.74) is 5.85. The number of rotatable bonds is 4. The number of carbonyl (C=O) groups excluding carboxylic acids is 1. The molecule has 2 rings (SSSR count). The standard InChI is InChI=1S/C12H20N4OS2/c1-3-16(2)12-15-10(13)9(19-12)11(17)14-8-5-4-6-18-7-8/h8H,3-7,13H2,1-2H3,(H,14,17). The normalized spacial score (nSPS) is 19.2. The Bertz CT molecular complexity index is 443. The molecule has 1 aromatic rings. The molecule has 1 saturated heterocycles. The number of nitrogens with zero attached hydrogens (tertiary/aromatic N) is 2. The van der Waals surface area contributed by atoms with E-state index in [2.05, 4.69) is 10.3 Å². The molecule has 0 radical (unpaired) electrons. The summed E-state index contributed by atoms with van der Waals surface area (Å²) in [5.74, 6) is 2.44. The van der Waals surface area contributed by atoms with Crippen LogP contribution in [-0.4, -0.2) is 42.0 Å². The predicted octanol–water partition coefficient (Wildman–Crippen LogP) is 1.81. The van der Waals surface area contributed by atoms with E-state index >= 15 is 0 Å². The highest BCUT2D eigenvalue weighted by Crippen LogP contribution is 2.27. The number of nitrogens with two attached hydrogens (primary N) is 1. The average Bonchev–Trinajstić information content (AvgIpc) is 2.81. The van der Waals surface area contributed by atoms with E-state index in [4.69, 9.17) is 5.73 Å². The number of hydrogen-bond acceptors (Lipinski definition) is 6. The van der Waals surface area contributed by atoms with E-state index < -0.39 is 0 Å². The summed E-state index contributed by atoms with van der Waals surface area (Å²) in [5, 5.41) is 3.85. The second kappa shape index (κ2) is 6.47. The van der Waals surface area contributed by atoms with Crippen LogP contribution in [0.4, 0.5) is 10.9 Å². The summed E-state index contributed by atoms with van der Waals surface area (Å²) in [4.78, 5) is 19.0. The Labute approximate surface area is 122 Å². The topological polar surface area (TPSA) is 71.2 Å². The van der Waals surface area contributed by atoms with Crippen LogP contribution >= 0.6 is 23.1 Å². The second-order valence-electron chi connectivity index (χ2n) is 4.61. The van der Waals surface area contributed by atoms with Crippen molar-refractivity contribution in [1.82, 2.24) is 10.3 Å². The van der Waals surface area contributed by atoms with Gasteiger partial charge < -0.3 is 16.0 Å². The number of amides is 1. The van der Waals surface area contributed by atoms with Gasteiger partial charge in [-0.3, -0.25) is 4.79 Å². The first kappa shape index (κ1) is 14.5. The number of aromatic nitrogens is 1. The number of thiazole rings is 1. The van der Waals surface area contributed by atoms with Crippen LogP contribution in [0.1, 0.15) is 29.4 Å². The summed E-state index contributed by atoms with van der Waals surface area (Å²) in [7, 11) is 1.94. The fraction of sp³-hybridized carbons (Fsp3) is 0.667. The first-order valence-electron chi connectivity index (χ1n) is 6.47. The third-order valence-corrected chi connectivity index (χ3v) is 5.54. The van der Waals surface area contributed by atoms with Gasteiger partial charge in [0.05, 0.1) is 0 Å². The molecule has 1 aliphatic heterocycles. The molecular weight excluding hydrogens is 280 g/mol. The van der Waals surface area contributed by atoms with Gasteiger partial charge in [0.25, 0.3) is 5.91 Å². The maximum Gasteiger partial charge on any atom is 0.265 e. The Hall–Kier alpha value is -0.950. The number of thioether (sulfide) groups is 1. The molecule has 1 atom stereocenters. The van der Waals surface area contributed by atoms with Crippen molar-refractivity contribution < 1.29 is 4.79 Å². The molecular formula is C12H20N4OS2. The maximum absolute atomic E-state index is 12.2. The van der Waals surface area contributed by atoms with Gasteiger partial charge in [0, 0.05) is 25.4 Å². The third-order valence-electron chi connectivity index (χ3n) is 3.14. The molecule has 1 aromatic heterocycles. The van der Waals surface area contributed by atoms with Gasteiger partial charge in [-0.1, -0.05) is 11.3 Å². The van der Waals surface area contributed by atoms with E-state index in [1.54, 1.807) is 0 Å². The summed E-state index contributed by atoms with van der Waals surface area (Å²) in [6, 6.07) is 0.264. The fourth-order valence-electron chi connectivity index (χ4n) is 1.89. The molecule has 106 valence electrons. The minimum Gasteiger partial charge on any atom is -0.382 e. The zero-order valence-electron chi connectivity index (χ0n) is 11.3. The lowest BCUT2D eigenvalue weighted by atomic mass is 10.2. The van der Waals surface area contributed by atoms with Crippen LogP contribution in [-0.2, 0) is 0 Å². The van der Waals surface area contributed by atoms with Crippen molar-refractivity contribution in [3.8, 4) is 0 Å². The summed E-state index contributed by atoms with van der Waals surface area (Å²) >= 11 is 3.25. The molecule has 1 amide bonds. The zero-order valence-corrected chi connectivity index (χ0v) is 12.9. The van der Waals surface area contributed by atoms with Crippen molar-refractivity contribution in [2.75, 3.05) is 35.7 Å². The third kappa shape index (κ3) is 3.54. The minimum absolute atomic E-state index is 0.0850. The van der Waals surface area contributed by atoms with E-state index in [0.717, 1.165) is 30.3 Å². The molecule has 5 nitrogen and oxygen atoms in total. The molecule has 0 aromatic carbocycles. The number of nitrogen functional groups attached to an aromatic ring is 1. The molecule has 2 heterocycles. The van der Waals surface area contributed by atoms with Crippen molar-refractivity contribution in [2.24, 2.45) is 0 Å². The molecule has 1 unspecified atom stereocenters. The number of nitrogens with one attached hydrogen (secondary N) is 1. The zero-order chi connectivity index (χ0) is 13.8. The monoisotopic (exact) mass is 300 g/mol. The molecule has 7 heteroatoms. The van der Waals surface area contributed by atoms with Crippen LogP contribution in [0.15, 0.2) is 0 Å². The van der Waals surface area contributed by atoms with Crippen molar-refractivity contribution >= 4 is 40.0 Å². The van der Waals surface area contributed by atoms with Crippen molar-refractivity contribution in [3.63, 3.8) is 0 Å². The van der Waals surface area contributed by atoms with Crippen molar-refractivity contribution in [2.45, 2.75) is 25.8 Å². The van der Waals surface area contributed by atoms with Gasteiger partial charge in [-0.05, 0) is 25.5 Å². The van der Waals surface area contributed by atoms with Crippen LogP contribution < -0.4 is 16.0 Å². The van der Waals surface area contributed by atoms with Crippen LogP contribution in [0.25, 0.3) is 0 Å². The molecule has 0 bridgehead atoms. The lowest BCUT2D eigenvalue weighted by molar-refractivity contribution is 0.0943. The number of carbonyl (C=O) groups is 1. The van der Waals surface area contributed by atoms with Crippen LogP contribution in [0.2, 0.25) is 0 Å². The lowest BCUT2D eigenvalue weighted by Gasteiger charge is -2.22. The van der Waals surface area contributed by atoms with E-state index in [1.807, 2.05) is 30.6 Å². The van der Waals surface area contributed by atoms with E-state index in [-0.39, 0.29) is 11.9 Å². The highest BCUT2D eigenvalue weighted by molar-refractivity contribution is 7.99. The number of hydrogen-bond donors (Lipinski definition) is 2. The van der Waals surface area contributed by atoms with Gasteiger partial charge in [-0.15, -0.1) is 0 Å². The Morgan fingerprint density at radius 2 is 2.42 bits per heavy atom. The molecule has 19 heavy (non-hydrogen) atoms. The summed E-state index contributed by atoms with van der Waals surface area (Å²) < 4.78 is 0. The van der Waals surface area contributed by atoms with E-state index in [9.17, 15) is 4.79 Å². The highest BCUT2D eigenvalue weighted by Gasteiger charge is 2.21. The summed E-state index contributed by atoms with van der Waals surface area (Å²) in [6.45, 7) is 2.88. The van der Waals surface area contributed by atoms with Gasteiger partial charge >= 0.3 is 0 Å². The predicted molar refractivity (Wildman–Crippen MR) is 83.3 cm³/mol. The molecule has 0 aliphatic carbocycles. The smallest absolute Gasteiger partial charge is 0.265 e. The van der Waals surface area contributed by atoms with Crippen LogP contribution in [0.5, 0.6) is 0 Å². The molecule has 1 fully saturated rings. The Balaban J connectivity index is 2.03. The highest BCUT2D eigenvalue weighted by atomic mass is 32.2. The molecule has 1 aliphatic rings. The van der Waals surface area contributed by atoms with Crippen LogP contribution in [0, 0.1) is 0 Å². The minimum atomic E-state index is -0.0850. The van der Waals surface area contributed by atoms with Gasteiger partial charge in [0.2, 0.25) is 0 Å². The lowest BCUT2D eigenvalue weighted by Crippen LogP contribution is -2.38. The van der Waals surface area contributed by atoms with Gasteiger partial charge in [0.15, 0.2) is 5.13 Å². The fourth-order valence-corrected chi connectivity index (χ4v) is 3.87. The quantitative estimate of drug-likeness (QED) is 0.887. The maximum atomic E-state index is 12.2. The van der Waals surface area contributed by atoms with Gasteiger partial charge in [-0.25, -0.2) is 4.98 Å². The first-order chi connectivity index (χ1) is 9.11. The Kier molecular flexibility index (Phi) is 4.93. The van der Waals surface area contributed by atoms with Crippen molar-refractivity contribution in [1.29, 1.82) is 0 Å². The van der Waals surface area contributed by atoms with E-state index in [0.29, 0.717) is 10.7 Å². The Morgan fingerprint density at radius 3 is 3.05 bits per heavy atom. The SMILES string of the molecule is CCN(C)c1nc(N)c(C(=O)NC2CCCSC2)s1. The molecule has 3 N–H and O–H groups in total. The van der Waals surface area contributed by atoms with E-state index in [1.165, 1.54) is 17.1 Å². The molecule has 0 saturated carbocycles. The average molecular weight is 300 g/mol. The summed E-state index contributed by atoms with van der Waals surface area (Å²) in [6.07, 6.45) is 2.22. The Morgan fingerprint density at radius 1 is 1.63 bits per heavy atom. The second-order valence-corrected chi connectivity index (χ2v) is 6.74. The largest absolute Gasteiger partial charge is 0.382 e. The first-order valence-corrected chi connectivity index (χ1v) is 8.45. The van der Waals surface area contributed by atoms with Gasteiger partial charge in [0.1, 0.15) is 10.7 Å². The molecule has 0 spiro atoms. The van der Waals surface area contributed by atoms with Crippen molar-refractivity contribution in [3.05, 3.63) is 4.88 Å². The number of anilines is 2. The van der Waals surface area contributed by atoms with Gasteiger partial charge in [-0.2, -0.15) is 11.8 Å². The van der Waals surface area contributed by atoms with Crippen LogP contribution in [0.3, 0.4) is 0 Å².